The number of rotatable bonds is 3. The van der Waals surface area contributed by atoms with Crippen LogP contribution >= 0.6 is 11.6 Å². The molecule has 102 valence electrons. The number of nitrogens with two attached hydrogens (primary N) is 1. The lowest BCUT2D eigenvalue weighted by molar-refractivity contribution is -0.383. The molecule has 9 nitrogen and oxygen atoms in total. The van der Waals surface area contributed by atoms with E-state index in [1.807, 2.05) is 0 Å². The predicted molar refractivity (Wildman–Crippen MR) is 70.3 cm³/mol. The van der Waals surface area contributed by atoms with Crippen LogP contribution in [0.5, 0.6) is 0 Å². The summed E-state index contributed by atoms with van der Waals surface area (Å²) in [6, 6.07) is 2.24. The molecule has 0 aliphatic heterocycles. The summed E-state index contributed by atoms with van der Waals surface area (Å²) in [7, 11) is 0. The number of benzene rings is 1. The lowest BCUT2D eigenvalue weighted by Gasteiger charge is -2.05. The summed E-state index contributed by atoms with van der Waals surface area (Å²) in [4.78, 5) is 25.7. The van der Waals surface area contributed by atoms with Gasteiger partial charge in [0.1, 0.15) is 5.69 Å². The smallest absolute Gasteiger partial charge is 0.294 e. The standard InChI is InChI=1S/C10H7ClN6O3/c11-6-3-5(4-7(8(6)12)17(19)20)9(18)15-10-13-1-2-14-16-10/h1-4H,12H2,(H,13,15,16,18). The lowest BCUT2D eigenvalue weighted by Crippen LogP contribution is -2.15. The molecule has 0 aliphatic carbocycles. The van der Waals surface area contributed by atoms with Gasteiger partial charge < -0.3 is 5.73 Å². The van der Waals surface area contributed by atoms with Crippen molar-refractivity contribution in [3.63, 3.8) is 0 Å². The second kappa shape index (κ2) is 5.45. The van der Waals surface area contributed by atoms with Crippen molar-refractivity contribution in [1.29, 1.82) is 0 Å². The molecule has 1 aromatic carbocycles. The highest BCUT2D eigenvalue weighted by Crippen LogP contribution is 2.30. The van der Waals surface area contributed by atoms with Gasteiger partial charge in [-0.2, -0.15) is 5.10 Å². The maximum absolute atomic E-state index is 11.9. The van der Waals surface area contributed by atoms with Crippen molar-refractivity contribution in [3.8, 4) is 0 Å². The quantitative estimate of drug-likeness (QED) is 0.494. The topological polar surface area (TPSA) is 137 Å². The number of nitrogen functional groups attached to an aromatic ring is 1. The maximum atomic E-state index is 11.9. The zero-order chi connectivity index (χ0) is 14.7. The molecule has 2 aromatic rings. The van der Waals surface area contributed by atoms with Crippen LogP contribution in [0.25, 0.3) is 0 Å². The molecule has 0 bridgehead atoms. The van der Waals surface area contributed by atoms with Gasteiger partial charge >= 0.3 is 0 Å². The van der Waals surface area contributed by atoms with Gasteiger partial charge in [0.25, 0.3) is 11.6 Å². The molecule has 0 spiro atoms. The van der Waals surface area contributed by atoms with Crippen molar-refractivity contribution < 1.29 is 9.72 Å². The first-order valence-electron chi connectivity index (χ1n) is 5.17. The van der Waals surface area contributed by atoms with E-state index in [0.717, 1.165) is 6.07 Å². The van der Waals surface area contributed by atoms with E-state index >= 15 is 0 Å². The minimum atomic E-state index is -0.724. The number of amides is 1. The Kier molecular flexibility index (Phi) is 3.71. The van der Waals surface area contributed by atoms with Crippen molar-refractivity contribution in [3.05, 3.63) is 45.2 Å². The normalized spacial score (nSPS) is 10.1. The number of halogens is 1. The maximum Gasteiger partial charge on any atom is 0.294 e. The Labute approximate surface area is 116 Å². The van der Waals surface area contributed by atoms with Crippen molar-refractivity contribution in [1.82, 2.24) is 15.2 Å². The first-order valence-corrected chi connectivity index (χ1v) is 5.55. The Bertz CT molecular complexity index is 678. The van der Waals surface area contributed by atoms with Crippen LogP contribution in [0.1, 0.15) is 10.4 Å². The van der Waals surface area contributed by atoms with Gasteiger partial charge in [-0.05, 0) is 6.07 Å². The van der Waals surface area contributed by atoms with Gasteiger partial charge in [-0.15, -0.1) is 5.10 Å². The molecule has 10 heteroatoms. The highest BCUT2D eigenvalue weighted by Gasteiger charge is 2.19. The molecule has 0 aliphatic rings. The van der Waals surface area contributed by atoms with Gasteiger partial charge in [-0.3, -0.25) is 20.2 Å². The summed E-state index contributed by atoms with van der Waals surface area (Å²) >= 11 is 5.76. The number of carbonyl (C=O) groups excluding carboxylic acids is 1. The van der Waals surface area contributed by atoms with E-state index < -0.39 is 16.5 Å². The van der Waals surface area contributed by atoms with Gasteiger partial charge in [-0.25, -0.2) is 4.98 Å². The number of nitrogens with one attached hydrogen (secondary N) is 1. The predicted octanol–water partition coefficient (Wildman–Crippen LogP) is 1.27. The highest BCUT2D eigenvalue weighted by molar-refractivity contribution is 6.34. The zero-order valence-corrected chi connectivity index (χ0v) is 10.5. The van der Waals surface area contributed by atoms with Crippen molar-refractivity contribution in [2.75, 3.05) is 11.1 Å². The lowest BCUT2D eigenvalue weighted by atomic mass is 10.1. The Morgan fingerprint density at radius 2 is 2.15 bits per heavy atom. The Morgan fingerprint density at radius 3 is 2.75 bits per heavy atom. The van der Waals surface area contributed by atoms with Gasteiger partial charge in [0.15, 0.2) is 0 Å². The average molecular weight is 295 g/mol. The fourth-order valence-corrected chi connectivity index (χ4v) is 1.58. The number of nitro groups is 1. The molecular formula is C10H7ClN6O3. The second-order valence-corrected chi connectivity index (χ2v) is 3.98. The van der Waals surface area contributed by atoms with E-state index in [2.05, 4.69) is 20.5 Å². The number of carbonyl (C=O) groups is 1. The van der Waals surface area contributed by atoms with Gasteiger partial charge in [0.05, 0.1) is 22.3 Å². The number of hydrogen-bond acceptors (Lipinski definition) is 7. The second-order valence-electron chi connectivity index (χ2n) is 3.57. The molecule has 0 saturated heterocycles. The van der Waals surface area contributed by atoms with Crippen LogP contribution < -0.4 is 11.1 Å². The molecule has 2 rings (SSSR count). The first kappa shape index (κ1) is 13.6. The summed E-state index contributed by atoms with van der Waals surface area (Å²) in [5, 5.41) is 20.1. The van der Waals surface area contributed by atoms with E-state index in [1.54, 1.807) is 0 Å². The molecule has 20 heavy (non-hydrogen) atoms. The minimum Gasteiger partial charge on any atom is -0.392 e. The van der Waals surface area contributed by atoms with Crippen LogP contribution in [0.2, 0.25) is 5.02 Å². The average Bonchev–Trinajstić information content (AvgIpc) is 2.42. The van der Waals surface area contributed by atoms with Crippen LogP contribution in [-0.4, -0.2) is 26.0 Å². The number of hydrogen-bond donors (Lipinski definition) is 2. The Morgan fingerprint density at radius 1 is 1.40 bits per heavy atom. The monoisotopic (exact) mass is 294 g/mol. The summed E-state index contributed by atoms with van der Waals surface area (Å²) in [6.45, 7) is 0. The highest BCUT2D eigenvalue weighted by atomic mass is 35.5. The summed E-state index contributed by atoms with van der Waals surface area (Å²) in [5.74, 6) is -0.698. The van der Waals surface area contributed by atoms with Crippen LogP contribution in [0, 0.1) is 10.1 Å². The summed E-state index contributed by atoms with van der Waals surface area (Å²) in [5.41, 5.74) is 4.77. The molecule has 0 unspecified atom stereocenters. The van der Waals surface area contributed by atoms with E-state index in [4.69, 9.17) is 17.3 Å². The zero-order valence-electron chi connectivity index (χ0n) is 9.78. The molecule has 3 N–H and O–H groups in total. The molecule has 0 radical (unpaired) electrons. The van der Waals surface area contributed by atoms with Crippen molar-refractivity contribution in [2.45, 2.75) is 0 Å². The Balaban J connectivity index is 2.33. The van der Waals surface area contributed by atoms with Gasteiger partial charge in [-0.1, -0.05) is 11.6 Å². The summed E-state index contributed by atoms with van der Waals surface area (Å²) < 4.78 is 0. The van der Waals surface area contributed by atoms with E-state index in [-0.39, 0.29) is 22.2 Å². The fraction of sp³-hybridized carbons (Fsp3) is 0. The van der Waals surface area contributed by atoms with Crippen molar-refractivity contribution in [2.24, 2.45) is 0 Å². The number of nitrogens with zero attached hydrogens (tertiary/aromatic N) is 4. The largest absolute Gasteiger partial charge is 0.392 e. The van der Waals surface area contributed by atoms with Crippen molar-refractivity contribution >= 4 is 34.8 Å². The minimum absolute atomic E-state index is 0.0342. The molecule has 1 aromatic heterocycles. The molecule has 0 fully saturated rings. The molecule has 0 atom stereocenters. The van der Waals surface area contributed by atoms with E-state index in [0.29, 0.717) is 0 Å². The SMILES string of the molecule is Nc1c(Cl)cc(C(=O)Nc2nccnn2)cc1[N+](=O)[O-]. The van der Waals surface area contributed by atoms with Crippen LogP contribution in [-0.2, 0) is 0 Å². The van der Waals surface area contributed by atoms with Crippen LogP contribution in [0.15, 0.2) is 24.5 Å². The molecule has 1 amide bonds. The van der Waals surface area contributed by atoms with E-state index in [9.17, 15) is 14.9 Å². The number of aromatic nitrogens is 3. The van der Waals surface area contributed by atoms with Crippen LogP contribution in [0.3, 0.4) is 0 Å². The molecular weight excluding hydrogens is 288 g/mol. The third-order valence-electron chi connectivity index (χ3n) is 2.27. The molecule has 1 heterocycles. The molecule has 0 saturated carbocycles. The first-order chi connectivity index (χ1) is 9.49. The van der Waals surface area contributed by atoms with Gasteiger partial charge in [0, 0.05) is 11.6 Å². The Hall–Kier alpha value is -2.81. The number of anilines is 2. The fourth-order valence-electron chi connectivity index (χ4n) is 1.36. The third-order valence-corrected chi connectivity index (χ3v) is 2.59. The van der Waals surface area contributed by atoms with Gasteiger partial charge in [0.2, 0.25) is 5.95 Å². The van der Waals surface area contributed by atoms with E-state index in [1.165, 1.54) is 18.5 Å². The number of nitro benzene ring substituents is 1. The third kappa shape index (κ3) is 2.78. The summed E-state index contributed by atoms with van der Waals surface area (Å²) in [6.07, 6.45) is 2.67. The van der Waals surface area contributed by atoms with Crippen LogP contribution in [0.4, 0.5) is 17.3 Å².